The number of nitrogens with one attached hydrogen (secondary N) is 2. The first-order valence-electron chi connectivity index (χ1n) is 11.6. The number of carbonyl (C=O) groups excluding carboxylic acids is 1. The summed E-state index contributed by atoms with van der Waals surface area (Å²) in [5.74, 6) is 0.317. The average Bonchev–Trinajstić information content (AvgIpc) is 3.47. The third kappa shape index (κ3) is 4.37. The van der Waals surface area contributed by atoms with Gasteiger partial charge in [-0.2, -0.15) is 5.26 Å². The molecule has 0 radical (unpaired) electrons. The van der Waals surface area contributed by atoms with E-state index in [1.807, 2.05) is 12.3 Å². The molecule has 1 saturated heterocycles. The van der Waals surface area contributed by atoms with Crippen molar-refractivity contribution < 1.29 is 9.18 Å². The van der Waals surface area contributed by atoms with Gasteiger partial charge in [0.2, 0.25) is 0 Å². The molecule has 4 aromatic rings. The lowest BCUT2D eigenvalue weighted by Crippen LogP contribution is -2.35. The van der Waals surface area contributed by atoms with Crippen LogP contribution in [0.15, 0.2) is 42.7 Å². The number of nitriles is 1. The number of likely N-dealkylation sites (tertiary alicyclic amines) is 1. The third-order valence-corrected chi connectivity index (χ3v) is 6.51. The minimum atomic E-state index is -0.367. The monoisotopic (exact) mass is 459 g/mol. The highest BCUT2D eigenvalue weighted by molar-refractivity contribution is 6.01. The number of amides is 1. The summed E-state index contributed by atoms with van der Waals surface area (Å²) >= 11 is 0. The SMILES string of the molecule is N#CCCN1CCC(n2c(CCNC(=O)c3ccc(F)cc3)nc3cnc4[nH]ccc4c32)CC1. The van der Waals surface area contributed by atoms with Crippen LogP contribution in [0.3, 0.4) is 0 Å². The fourth-order valence-electron chi connectivity index (χ4n) is 4.81. The normalized spacial score (nSPS) is 15.1. The Bertz CT molecular complexity index is 1340. The molecule has 5 rings (SSSR count). The Morgan fingerprint density at radius 3 is 2.79 bits per heavy atom. The average molecular weight is 460 g/mol. The number of piperidine rings is 1. The molecule has 1 aliphatic rings. The van der Waals surface area contributed by atoms with E-state index < -0.39 is 0 Å². The van der Waals surface area contributed by atoms with E-state index in [1.165, 1.54) is 24.3 Å². The molecule has 1 amide bonds. The third-order valence-electron chi connectivity index (χ3n) is 6.51. The summed E-state index contributed by atoms with van der Waals surface area (Å²) < 4.78 is 15.5. The number of imidazole rings is 1. The number of carbonyl (C=O) groups is 1. The zero-order valence-corrected chi connectivity index (χ0v) is 18.8. The fraction of sp³-hybridized carbons (Fsp3) is 0.360. The Labute approximate surface area is 196 Å². The Morgan fingerprint density at radius 1 is 1.24 bits per heavy atom. The Morgan fingerprint density at radius 2 is 2.03 bits per heavy atom. The second kappa shape index (κ2) is 9.61. The maximum Gasteiger partial charge on any atom is 0.251 e. The number of aromatic amines is 1. The fourth-order valence-corrected chi connectivity index (χ4v) is 4.81. The summed E-state index contributed by atoms with van der Waals surface area (Å²) in [7, 11) is 0. The summed E-state index contributed by atoms with van der Waals surface area (Å²) in [5, 5.41) is 12.9. The zero-order chi connectivity index (χ0) is 23.5. The van der Waals surface area contributed by atoms with Gasteiger partial charge >= 0.3 is 0 Å². The van der Waals surface area contributed by atoms with Crippen molar-refractivity contribution in [3.63, 3.8) is 0 Å². The van der Waals surface area contributed by atoms with E-state index in [0.717, 1.165) is 60.4 Å². The van der Waals surface area contributed by atoms with Crippen molar-refractivity contribution in [3.05, 3.63) is 59.9 Å². The van der Waals surface area contributed by atoms with E-state index in [9.17, 15) is 9.18 Å². The number of aromatic nitrogens is 4. The van der Waals surface area contributed by atoms with Crippen LogP contribution >= 0.6 is 0 Å². The van der Waals surface area contributed by atoms with Gasteiger partial charge in [-0.05, 0) is 43.2 Å². The number of H-pyrrole nitrogens is 1. The first-order chi connectivity index (χ1) is 16.6. The van der Waals surface area contributed by atoms with Gasteiger partial charge in [-0.3, -0.25) is 4.79 Å². The Kier molecular flexibility index (Phi) is 6.23. The summed E-state index contributed by atoms with van der Waals surface area (Å²) in [6, 6.07) is 10.1. The highest BCUT2D eigenvalue weighted by Crippen LogP contribution is 2.32. The van der Waals surface area contributed by atoms with Gasteiger partial charge < -0.3 is 19.8 Å². The van der Waals surface area contributed by atoms with Crippen LogP contribution in [-0.2, 0) is 6.42 Å². The number of benzene rings is 1. The quantitative estimate of drug-likeness (QED) is 0.440. The van der Waals surface area contributed by atoms with Crippen LogP contribution in [0.1, 0.15) is 41.5 Å². The Hall–Kier alpha value is -3.77. The highest BCUT2D eigenvalue weighted by atomic mass is 19.1. The van der Waals surface area contributed by atoms with Crippen LogP contribution in [0.25, 0.3) is 22.1 Å². The standard InChI is InChI=1S/C25H26FN7O/c26-18-4-2-17(3-5-18)25(34)29-12-7-22-31-21-16-30-24-20(6-11-28-24)23(21)33(22)19-8-14-32(15-9-19)13-1-10-27/h2-6,11,16,19H,1,7-9,12-15H2,(H,28,30)(H,29,34). The maximum atomic E-state index is 13.2. The van der Waals surface area contributed by atoms with Crippen LogP contribution in [0.5, 0.6) is 0 Å². The molecule has 8 nitrogen and oxygen atoms in total. The first-order valence-corrected chi connectivity index (χ1v) is 11.6. The Balaban J connectivity index is 1.38. The predicted molar refractivity (Wildman–Crippen MR) is 127 cm³/mol. The van der Waals surface area contributed by atoms with Crippen molar-refractivity contribution in [1.29, 1.82) is 5.26 Å². The largest absolute Gasteiger partial charge is 0.352 e. The van der Waals surface area contributed by atoms with E-state index in [-0.39, 0.29) is 17.8 Å². The van der Waals surface area contributed by atoms with Gasteiger partial charge in [0, 0.05) is 62.2 Å². The van der Waals surface area contributed by atoms with Gasteiger partial charge in [0.15, 0.2) is 0 Å². The summed E-state index contributed by atoms with van der Waals surface area (Å²) in [6.07, 6.45) is 6.75. The molecule has 0 atom stereocenters. The van der Waals surface area contributed by atoms with Crippen molar-refractivity contribution in [2.24, 2.45) is 0 Å². The van der Waals surface area contributed by atoms with Crippen LogP contribution in [-0.4, -0.2) is 56.5 Å². The number of halogens is 1. The first kappa shape index (κ1) is 22.0. The molecule has 1 aromatic carbocycles. The van der Waals surface area contributed by atoms with Crippen molar-refractivity contribution in [2.75, 3.05) is 26.2 Å². The molecular formula is C25H26FN7O. The smallest absolute Gasteiger partial charge is 0.251 e. The van der Waals surface area contributed by atoms with Crippen LogP contribution in [0.2, 0.25) is 0 Å². The van der Waals surface area contributed by atoms with E-state index in [2.05, 4.69) is 30.8 Å². The highest BCUT2D eigenvalue weighted by Gasteiger charge is 2.25. The second-order valence-electron chi connectivity index (χ2n) is 8.62. The number of rotatable bonds is 7. The molecule has 4 heterocycles. The molecule has 2 N–H and O–H groups in total. The lowest BCUT2D eigenvalue weighted by Gasteiger charge is -2.33. The van der Waals surface area contributed by atoms with E-state index >= 15 is 0 Å². The number of nitrogens with zero attached hydrogens (tertiary/aromatic N) is 5. The lowest BCUT2D eigenvalue weighted by atomic mass is 10.0. The predicted octanol–water partition coefficient (Wildman–Crippen LogP) is 3.57. The maximum absolute atomic E-state index is 13.2. The van der Waals surface area contributed by atoms with E-state index in [0.29, 0.717) is 24.9 Å². The summed E-state index contributed by atoms with van der Waals surface area (Å²) in [5.41, 5.74) is 3.18. The van der Waals surface area contributed by atoms with Crippen molar-refractivity contribution in [3.8, 4) is 6.07 Å². The molecule has 0 saturated carbocycles. The molecule has 3 aromatic heterocycles. The van der Waals surface area contributed by atoms with Crippen molar-refractivity contribution in [1.82, 2.24) is 29.7 Å². The molecule has 0 spiro atoms. The van der Waals surface area contributed by atoms with Crippen molar-refractivity contribution in [2.45, 2.75) is 31.7 Å². The van der Waals surface area contributed by atoms with Crippen molar-refractivity contribution >= 4 is 28.0 Å². The van der Waals surface area contributed by atoms with Crippen LogP contribution in [0, 0.1) is 17.1 Å². The molecule has 0 bridgehead atoms. The minimum absolute atomic E-state index is 0.233. The number of fused-ring (bicyclic) bond motifs is 3. The molecule has 0 unspecified atom stereocenters. The number of pyridine rings is 1. The number of hydrogen-bond donors (Lipinski definition) is 2. The number of hydrogen-bond acceptors (Lipinski definition) is 5. The molecule has 1 aliphatic heterocycles. The molecule has 0 aliphatic carbocycles. The van der Waals surface area contributed by atoms with Gasteiger partial charge in [-0.15, -0.1) is 0 Å². The van der Waals surface area contributed by atoms with Gasteiger partial charge in [0.25, 0.3) is 5.91 Å². The van der Waals surface area contributed by atoms with E-state index in [4.69, 9.17) is 10.2 Å². The van der Waals surface area contributed by atoms with Gasteiger partial charge in [-0.25, -0.2) is 14.4 Å². The van der Waals surface area contributed by atoms with Crippen LogP contribution in [0.4, 0.5) is 4.39 Å². The lowest BCUT2D eigenvalue weighted by molar-refractivity contribution is 0.0953. The second-order valence-corrected chi connectivity index (χ2v) is 8.62. The van der Waals surface area contributed by atoms with Gasteiger partial charge in [-0.1, -0.05) is 0 Å². The molecule has 9 heteroatoms. The van der Waals surface area contributed by atoms with E-state index in [1.54, 1.807) is 6.20 Å². The molecule has 174 valence electrons. The molecular weight excluding hydrogens is 433 g/mol. The molecule has 1 fully saturated rings. The zero-order valence-electron chi connectivity index (χ0n) is 18.8. The topological polar surface area (TPSA) is 103 Å². The summed E-state index contributed by atoms with van der Waals surface area (Å²) in [6.45, 7) is 3.11. The van der Waals surface area contributed by atoms with Crippen LogP contribution < -0.4 is 5.32 Å². The molecule has 34 heavy (non-hydrogen) atoms. The summed E-state index contributed by atoms with van der Waals surface area (Å²) in [4.78, 5) is 27.4. The minimum Gasteiger partial charge on any atom is -0.352 e. The van der Waals surface area contributed by atoms with Gasteiger partial charge in [0.1, 0.15) is 22.8 Å². The van der Waals surface area contributed by atoms with Gasteiger partial charge in [0.05, 0.1) is 17.8 Å².